The number of carbonyl (C=O) groups is 2. The highest BCUT2D eigenvalue weighted by molar-refractivity contribution is 5.95. The summed E-state index contributed by atoms with van der Waals surface area (Å²) in [6.45, 7) is 20.2. The van der Waals surface area contributed by atoms with Crippen LogP contribution in [0, 0.1) is 45.3 Å². The Hall–Kier alpha value is -1.38. The van der Waals surface area contributed by atoms with Gasteiger partial charge >= 0.3 is 5.97 Å². The van der Waals surface area contributed by atoms with Crippen molar-refractivity contribution in [2.45, 2.75) is 120 Å². The fourth-order valence-corrected chi connectivity index (χ4v) is 9.68. The first-order valence-corrected chi connectivity index (χ1v) is 14.2. The van der Waals surface area contributed by atoms with E-state index in [1.165, 1.54) is 50.2 Å². The molecule has 0 saturated heterocycles. The summed E-state index contributed by atoms with van der Waals surface area (Å²) >= 11 is 0. The summed E-state index contributed by atoms with van der Waals surface area (Å²) in [4.78, 5) is 25.9. The molecule has 0 heterocycles. The van der Waals surface area contributed by atoms with Gasteiger partial charge in [0, 0.05) is 18.3 Å². The van der Waals surface area contributed by atoms with E-state index >= 15 is 0 Å². The van der Waals surface area contributed by atoms with Crippen LogP contribution in [0.1, 0.15) is 114 Å². The van der Waals surface area contributed by atoms with Crippen LogP contribution in [-0.4, -0.2) is 17.9 Å². The SMILES string of the molecule is CC(=O)O[C@H]1CC[C@@H]2C(=CC(=O)[C@@H]3[C@@]2(C)CC[C@]2(C)[C@@H]([C@H](C)CCC=C(C)C)CC[C@@]32C)C1(C)C. The molecule has 0 N–H and O–H groups in total. The molecule has 3 fully saturated rings. The van der Waals surface area contributed by atoms with Crippen LogP contribution < -0.4 is 0 Å². The fraction of sp³-hybridized carbons (Fsp3) is 0.812. The Labute approximate surface area is 214 Å². The number of hydrogen-bond donors (Lipinski definition) is 0. The van der Waals surface area contributed by atoms with Crippen molar-refractivity contribution in [3.8, 4) is 0 Å². The van der Waals surface area contributed by atoms with Gasteiger partial charge < -0.3 is 4.74 Å². The van der Waals surface area contributed by atoms with E-state index in [0.29, 0.717) is 23.5 Å². The number of carbonyl (C=O) groups excluding carboxylic acids is 2. The highest BCUT2D eigenvalue weighted by Crippen LogP contribution is 2.74. The zero-order chi connectivity index (χ0) is 26.0. The predicted octanol–water partition coefficient (Wildman–Crippen LogP) is 8.08. The molecule has 3 saturated carbocycles. The molecule has 8 atom stereocenters. The van der Waals surface area contributed by atoms with Crippen molar-refractivity contribution in [2.75, 3.05) is 0 Å². The van der Waals surface area contributed by atoms with Crippen LogP contribution in [-0.2, 0) is 14.3 Å². The molecule has 0 unspecified atom stereocenters. The number of esters is 1. The minimum atomic E-state index is -0.294. The third-order valence-corrected chi connectivity index (χ3v) is 11.8. The number of ketones is 1. The van der Waals surface area contributed by atoms with E-state index in [0.717, 1.165) is 19.3 Å². The number of ether oxygens (including phenoxy) is 1. The molecule has 3 heteroatoms. The van der Waals surface area contributed by atoms with Crippen molar-refractivity contribution in [1.29, 1.82) is 0 Å². The van der Waals surface area contributed by atoms with Gasteiger partial charge in [-0.3, -0.25) is 9.59 Å². The number of rotatable bonds is 5. The first kappa shape index (κ1) is 26.7. The summed E-state index contributed by atoms with van der Waals surface area (Å²) in [6.07, 6.45) is 13.4. The monoisotopic (exact) mass is 482 g/mol. The molecule has 0 bridgehead atoms. The minimum Gasteiger partial charge on any atom is -0.462 e. The minimum absolute atomic E-state index is 0.00587. The van der Waals surface area contributed by atoms with Gasteiger partial charge in [-0.05, 0) is 105 Å². The van der Waals surface area contributed by atoms with Crippen molar-refractivity contribution in [3.63, 3.8) is 0 Å². The van der Waals surface area contributed by atoms with Crippen molar-refractivity contribution < 1.29 is 14.3 Å². The summed E-state index contributed by atoms with van der Waals surface area (Å²) in [5, 5.41) is 0. The van der Waals surface area contributed by atoms with E-state index in [9.17, 15) is 9.59 Å². The van der Waals surface area contributed by atoms with Gasteiger partial charge in [0.2, 0.25) is 0 Å². The van der Waals surface area contributed by atoms with Crippen LogP contribution >= 0.6 is 0 Å². The Kier molecular flexibility index (Phi) is 6.76. The molecule has 0 aliphatic heterocycles. The lowest BCUT2D eigenvalue weighted by molar-refractivity contribution is -0.168. The van der Waals surface area contributed by atoms with Crippen molar-refractivity contribution >= 4 is 11.8 Å². The van der Waals surface area contributed by atoms with Crippen LogP contribution in [0.3, 0.4) is 0 Å². The van der Waals surface area contributed by atoms with Gasteiger partial charge in [0.25, 0.3) is 0 Å². The number of hydrogen-bond acceptors (Lipinski definition) is 3. The van der Waals surface area contributed by atoms with E-state index in [-0.39, 0.29) is 39.7 Å². The topological polar surface area (TPSA) is 43.4 Å². The fourth-order valence-electron chi connectivity index (χ4n) is 9.68. The zero-order valence-corrected chi connectivity index (χ0v) is 23.9. The Morgan fingerprint density at radius 3 is 2.34 bits per heavy atom. The van der Waals surface area contributed by atoms with Gasteiger partial charge in [-0.2, -0.15) is 0 Å². The van der Waals surface area contributed by atoms with Crippen LogP contribution in [0.25, 0.3) is 0 Å². The van der Waals surface area contributed by atoms with Gasteiger partial charge in [0.05, 0.1) is 0 Å². The lowest BCUT2D eigenvalue weighted by Gasteiger charge is -2.65. The maximum atomic E-state index is 14.1. The first-order valence-electron chi connectivity index (χ1n) is 14.2. The van der Waals surface area contributed by atoms with Crippen LogP contribution in [0.4, 0.5) is 0 Å². The number of allylic oxidation sites excluding steroid dienone is 3. The summed E-state index contributed by atoms with van der Waals surface area (Å²) in [7, 11) is 0. The average molecular weight is 483 g/mol. The van der Waals surface area contributed by atoms with E-state index in [1.54, 1.807) is 0 Å². The van der Waals surface area contributed by atoms with E-state index < -0.39 is 0 Å². The van der Waals surface area contributed by atoms with Gasteiger partial charge in [-0.25, -0.2) is 0 Å². The molecule has 35 heavy (non-hydrogen) atoms. The summed E-state index contributed by atoms with van der Waals surface area (Å²) in [5.74, 6) is 2.01. The van der Waals surface area contributed by atoms with Crippen LogP contribution in [0.15, 0.2) is 23.3 Å². The maximum Gasteiger partial charge on any atom is 0.302 e. The Balaban J connectivity index is 1.67. The van der Waals surface area contributed by atoms with Crippen molar-refractivity contribution in [3.05, 3.63) is 23.3 Å². The lowest BCUT2D eigenvalue weighted by Crippen LogP contribution is -2.62. The second-order valence-electron chi connectivity index (χ2n) is 14.2. The second kappa shape index (κ2) is 8.88. The molecule has 0 spiro atoms. The van der Waals surface area contributed by atoms with E-state index in [4.69, 9.17) is 4.74 Å². The summed E-state index contributed by atoms with van der Waals surface area (Å²) < 4.78 is 5.76. The quantitative estimate of drug-likeness (QED) is 0.294. The highest BCUT2D eigenvalue weighted by Gasteiger charge is 2.69. The Bertz CT molecular complexity index is 936. The third-order valence-electron chi connectivity index (χ3n) is 11.8. The van der Waals surface area contributed by atoms with Gasteiger partial charge in [-0.1, -0.05) is 58.8 Å². The maximum absolute atomic E-state index is 14.1. The van der Waals surface area contributed by atoms with Crippen molar-refractivity contribution in [1.82, 2.24) is 0 Å². The molecule has 3 nitrogen and oxygen atoms in total. The lowest BCUT2D eigenvalue weighted by atomic mass is 9.39. The predicted molar refractivity (Wildman–Crippen MR) is 143 cm³/mol. The molecular formula is C32H50O3. The molecule has 0 aromatic carbocycles. The standard InChI is InChI=1S/C32H50O3/c1-20(2)11-10-12-21(3)23-15-16-32(9)28-26(34)19-25-24(30(28,7)17-18-31(23,32)8)13-14-27(29(25,5)6)35-22(4)33/h11,19,21,23-24,27-28H,10,12-18H2,1-9H3/t21-,23-,24-,27+,28-,30+,31-,32+/m1/s1. The van der Waals surface area contributed by atoms with Crippen LogP contribution in [0.5, 0.6) is 0 Å². The largest absolute Gasteiger partial charge is 0.462 e. The smallest absolute Gasteiger partial charge is 0.302 e. The van der Waals surface area contributed by atoms with E-state index in [1.807, 2.05) is 6.08 Å². The van der Waals surface area contributed by atoms with Crippen LogP contribution in [0.2, 0.25) is 0 Å². The summed E-state index contributed by atoms with van der Waals surface area (Å²) in [6, 6.07) is 0. The molecule has 196 valence electrons. The summed E-state index contributed by atoms with van der Waals surface area (Å²) in [5.41, 5.74) is 2.62. The molecule has 0 radical (unpaired) electrons. The average Bonchev–Trinajstić information content (AvgIpc) is 3.01. The molecule has 0 aromatic rings. The normalized spacial score (nSPS) is 42.8. The first-order chi connectivity index (χ1) is 16.2. The highest BCUT2D eigenvalue weighted by atomic mass is 16.5. The molecule has 0 amide bonds. The molecular weight excluding hydrogens is 432 g/mol. The third kappa shape index (κ3) is 3.98. The molecule has 4 rings (SSSR count). The second-order valence-corrected chi connectivity index (χ2v) is 14.2. The van der Waals surface area contributed by atoms with Gasteiger partial charge in [0.15, 0.2) is 5.78 Å². The van der Waals surface area contributed by atoms with Gasteiger partial charge in [-0.15, -0.1) is 0 Å². The molecule has 4 aliphatic rings. The van der Waals surface area contributed by atoms with Crippen molar-refractivity contribution in [2.24, 2.45) is 45.3 Å². The molecule has 0 aromatic heterocycles. The zero-order valence-electron chi connectivity index (χ0n) is 23.9. The molecule has 4 aliphatic carbocycles. The van der Waals surface area contributed by atoms with Gasteiger partial charge in [0.1, 0.15) is 6.10 Å². The Morgan fingerprint density at radius 2 is 1.71 bits per heavy atom. The Morgan fingerprint density at radius 1 is 1.03 bits per heavy atom. The number of fused-ring (bicyclic) bond motifs is 5. The van der Waals surface area contributed by atoms with E-state index in [2.05, 4.69) is 61.5 Å².